The van der Waals surface area contributed by atoms with E-state index in [0.29, 0.717) is 61.5 Å². The molecule has 0 radical (unpaired) electrons. The summed E-state index contributed by atoms with van der Waals surface area (Å²) < 4.78 is 11.6. The fourth-order valence-corrected chi connectivity index (χ4v) is 7.01. The fourth-order valence-electron chi connectivity index (χ4n) is 7.01. The summed E-state index contributed by atoms with van der Waals surface area (Å²) in [4.78, 5) is 73.8. The third kappa shape index (κ3) is 11.3. The topological polar surface area (TPSA) is 165 Å². The van der Waals surface area contributed by atoms with Crippen LogP contribution in [0.4, 0.5) is 21.0 Å². The normalized spacial score (nSPS) is 17.6. The number of alkyl halides is 1. The van der Waals surface area contributed by atoms with Crippen molar-refractivity contribution < 1.29 is 38.6 Å². The second-order valence-electron chi connectivity index (χ2n) is 14.9. The van der Waals surface area contributed by atoms with Gasteiger partial charge in [0.05, 0.1) is 17.6 Å². The van der Waals surface area contributed by atoms with Crippen LogP contribution in [0.3, 0.4) is 0 Å². The van der Waals surface area contributed by atoms with Crippen molar-refractivity contribution in [2.45, 2.75) is 59.0 Å². The molecule has 4 amide bonds. The number of rotatable bonds is 10. The van der Waals surface area contributed by atoms with Crippen LogP contribution in [0.2, 0.25) is 0 Å². The second kappa shape index (κ2) is 20.9. The number of ether oxygens (including phenoxy) is 2. The molecule has 1 aromatic heterocycles. The standard InChI is InChI=1S/C41H48N6O8.C2H6.CH3Cl/c1-41(38(50)51)17-9-8-10-28(15-18-41)54-39(52)45(4)20-21-46(5)40(53)55-35-24-34-30(29-11-6-7-12-31(29)35)16-19-47(34)37(49)33-23-26-22-27(13-14-32(26)43-33)42-36(48)25-44(2)3;2*1-2/h6-8,10-14,22-24,28,43H,9,15-21,25H2,1-5H3,(H,42,48)(H,50,51);1-2H3;1H3/b10-8+;;/t28?,41-;;/m1../s1. The largest absolute Gasteiger partial charge is 0.481 e. The molecule has 2 aliphatic rings. The molecule has 14 nitrogen and oxygen atoms in total. The zero-order valence-electron chi connectivity index (χ0n) is 35.3. The van der Waals surface area contributed by atoms with Gasteiger partial charge in [0.25, 0.3) is 5.91 Å². The van der Waals surface area contributed by atoms with Crippen LogP contribution >= 0.6 is 11.6 Å². The van der Waals surface area contributed by atoms with Gasteiger partial charge in [-0.05, 0) is 94.4 Å². The number of H-pyrrole nitrogens is 1. The zero-order chi connectivity index (χ0) is 43.4. The third-order valence-electron chi connectivity index (χ3n) is 10.4. The zero-order valence-corrected chi connectivity index (χ0v) is 36.0. The highest BCUT2D eigenvalue weighted by molar-refractivity contribution is 6.15. The van der Waals surface area contributed by atoms with Crippen LogP contribution in [0.15, 0.2) is 66.7 Å². The average Bonchev–Trinajstić information content (AvgIpc) is 3.85. The van der Waals surface area contributed by atoms with E-state index in [1.165, 1.54) is 16.2 Å². The van der Waals surface area contributed by atoms with E-state index in [0.717, 1.165) is 27.2 Å². The van der Waals surface area contributed by atoms with Crippen LogP contribution in [-0.2, 0) is 20.7 Å². The summed E-state index contributed by atoms with van der Waals surface area (Å²) in [7, 11) is 6.79. The van der Waals surface area contributed by atoms with E-state index in [2.05, 4.69) is 21.9 Å². The monoisotopic (exact) mass is 832 g/mol. The SMILES string of the molecule is CC.CCl.CN(C)CC(=O)Nc1ccc2[nH]c(C(=O)N3CCc4c3cc(OC(=O)N(C)CCN(C)C(=O)OC3/C=C/CC[C@@](C)(C(=O)O)CC3)c3ccccc43)cc2c1. The van der Waals surface area contributed by atoms with E-state index >= 15 is 0 Å². The molecule has 4 aromatic rings. The molecule has 3 aromatic carbocycles. The van der Waals surface area contributed by atoms with Gasteiger partial charge >= 0.3 is 18.2 Å². The molecule has 1 aliphatic carbocycles. The number of fused-ring (bicyclic) bond motifs is 4. The van der Waals surface area contributed by atoms with Gasteiger partial charge in [-0.1, -0.05) is 44.2 Å². The number of carbonyl (C=O) groups excluding carboxylic acids is 4. The minimum atomic E-state index is -0.877. The quantitative estimate of drug-likeness (QED) is 0.106. The Kier molecular flexibility index (Phi) is 16.3. The van der Waals surface area contributed by atoms with Gasteiger partial charge in [-0.2, -0.15) is 0 Å². The molecule has 59 heavy (non-hydrogen) atoms. The summed E-state index contributed by atoms with van der Waals surface area (Å²) in [6.45, 7) is 6.71. The van der Waals surface area contributed by atoms with E-state index in [4.69, 9.17) is 9.47 Å². The van der Waals surface area contributed by atoms with Gasteiger partial charge in [-0.3, -0.25) is 14.4 Å². The molecule has 0 saturated heterocycles. The number of hydrogen-bond donors (Lipinski definition) is 3. The molecule has 1 aliphatic heterocycles. The molecule has 6 rings (SSSR count). The number of hydrogen-bond acceptors (Lipinski definition) is 8. The number of benzene rings is 3. The predicted molar refractivity (Wildman–Crippen MR) is 233 cm³/mol. The van der Waals surface area contributed by atoms with Crippen molar-refractivity contribution in [1.82, 2.24) is 19.7 Å². The number of halogens is 1. The molecule has 15 heteroatoms. The first-order chi connectivity index (χ1) is 28.2. The van der Waals surface area contributed by atoms with Gasteiger partial charge in [0, 0.05) is 68.2 Å². The number of aliphatic carboxylic acids is 1. The van der Waals surface area contributed by atoms with Crippen molar-refractivity contribution in [1.29, 1.82) is 0 Å². The molecule has 1 unspecified atom stereocenters. The average molecular weight is 833 g/mol. The first kappa shape index (κ1) is 46.1. The number of carboxylic acid groups (broad SMARTS) is 1. The molecule has 0 saturated carbocycles. The fraction of sp³-hybridized carbons (Fsp3) is 0.432. The summed E-state index contributed by atoms with van der Waals surface area (Å²) in [5.74, 6) is -0.931. The molecule has 2 heterocycles. The lowest BCUT2D eigenvalue weighted by Crippen LogP contribution is -2.39. The molecule has 3 N–H and O–H groups in total. The predicted octanol–water partition coefficient (Wildman–Crippen LogP) is 7.99. The smallest absolute Gasteiger partial charge is 0.415 e. The number of amides is 4. The highest BCUT2D eigenvalue weighted by Crippen LogP contribution is 2.41. The number of carboxylic acids is 1. The number of nitrogens with zero attached hydrogens (tertiary/aromatic N) is 4. The number of aromatic amines is 1. The Morgan fingerprint density at radius 1 is 0.932 bits per heavy atom. The van der Waals surface area contributed by atoms with Crippen molar-refractivity contribution in [3.63, 3.8) is 0 Å². The van der Waals surface area contributed by atoms with Crippen molar-refractivity contribution in [3.8, 4) is 5.75 Å². The van der Waals surface area contributed by atoms with Gasteiger partial charge in [0.15, 0.2) is 0 Å². The van der Waals surface area contributed by atoms with E-state index in [-0.39, 0.29) is 31.4 Å². The van der Waals surface area contributed by atoms with Crippen LogP contribution < -0.4 is 15.0 Å². The first-order valence-corrected chi connectivity index (χ1v) is 20.5. The lowest BCUT2D eigenvalue weighted by molar-refractivity contribution is -0.149. The highest BCUT2D eigenvalue weighted by atomic mass is 35.5. The lowest BCUT2D eigenvalue weighted by atomic mass is 9.79. The van der Waals surface area contributed by atoms with Crippen molar-refractivity contribution >= 4 is 74.6 Å². The summed E-state index contributed by atoms with van der Waals surface area (Å²) in [6.07, 6.45) is 5.87. The minimum absolute atomic E-state index is 0.139. The lowest BCUT2D eigenvalue weighted by Gasteiger charge is -2.29. The maximum atomic E-state index is 14.0. The number of anilines is 2. The number of nitrogens with one attached hydrogen (secondary N) is 2. The van der Waals surface area contributed by atoms with Crippen molar-refractivity contribution in [2.24, 2.45) is 5.41 Å². The van der Waals surface area contributed by atoms with E-state index in [1.54, 1.807) is 55.1 Å². The van der Waals surface area contributed by atoms with Crippen LogP contribution in [0.5, 0.6) is 5.75 Å². The molecule has 0 spiro atoms. The van der Waals surface area contributed by atoms with E-state index in [1.807, 2.05) is 70.4 Å². The summed E-state index contributed by atoms with van der Waals surface area (Å²) in [5, 5.41) is 14.9. The number of carbonyl (C=O) groups is 5. The third-order valence-corrected chi connectivity index (χ3v) is 10.4. The Balaban J connectivity index is 0.00000186. The van der Waals surface area contributed by atoms with Crippen molar-refractivity contribution in [2.75, 3.05) is 71.0 Å². The Morgan fingerprint density at radius 2 is 1.61 bits per heavy atom. The highest BCUT2D eigenvalue weighted by Gasteiger charge is 2.34. The second-order valence-corrected chi connectivity index (χ2v) is 14.9. The number of aromatic nitrogens is 1. The van der Waals surface area contributed by atoms with Crippen LogP contribution in [0.25, 0.3) is 21.7 Å². The van der Waals surface area contributed by atoms with Gasteiger partial charge in [0.1, 0.15) is 17.5 Å². The van der Waals surface area contributed by atoms with E-state index in [9.17, 15) is 29.1 Å². The summed E-state index contributed by atoms with van der Waals surface area (Å²) in [5.41, 5.74) is 2.53. The van der Waals surface area contributed by atoms with Gasteiger partial charge in [0.2, 0.25) is 5.91 Å². The van der Waals surface area contributed by atoms with Crippen molar-refractivity contribution in [3.05, 3.63) is 78.0 Å². The first-order valence-electron chi connectivity index (χ1n) is 19.8. The Morgan fingerprint density at radius 3 is 2.29 bits per heavy atom. The molecule has 0 fully saturated rings. The molecule has 2 atom stereocenters. The van der Waals surface area contributed by atoms with E-state index < -0.39 is 29.7 Å². The maximum Gasteiger partial charge on any atom is 0.415 e. The summed E-state index contributed by atoms with van der Waals surface area (Å²) in [6, 6.07) is 16.5. The molecular weight excluding hydrogens is 776 g/mol. The van der Waals surface area contributed by atoms with Crippen LogP contribution in [0.1, 0.15) is 62.5 Å². The molecule has 0 bridgehead atoms. The van der Waals surface area contributed by atoms with Gasteiger partial charge in [-0.15, -0.1) is 11.6 Å². The minimum Gasteiger partial charge on any atom is -0.481 e. The summed E-state index contributed by atoms with van der Waals surface area (Å²) >= 11 is 4.64. The Bertz CT molecular complexity index is 2170. The Hall–Kier alpha value is -5.60. The maximum absolute atomic E-state index is 14.0. The number of likely N-dealkylation sites (N-methyl/N-ethyl adjacent to an activating group) is 3. The Labute approximate surface area is 351 Å². The molecule has 318 valence electrons. The van der Waals surface area contributed by atoms with Crippen LogP contribution in [0, 0.1) is 5.41 Å². The molecular formula is C44H57ClN6O8. The van der Waals surface area contributed by atoms with Gasteiger partial charge < -0.3 is 44.5 Å². The van der Waals surface area contributed by atoms with Gasteiger partial charge in [-0.25, -0.2) is 9.59 Å². The van der Waals surface area contributed by atoms with Crippen LogP contribution in [-0.4, -0.2) is 122 Å². The number of allylic oxidation sites excluding steroid dienone is 1.